The first-order valence-electron chi connectivity index (χ1n) is 5.62. The van der Waals surface area contributed by atoms with Crippen LogP contribution >= 0.6 is 15.9 Å². The van der Waals surface area contributed by atoms with Gasteiger partial charge in [0.1, 0.15) is 5.75 Å². The molecule has 106 valence electrons. The highest BCUT2D eigenvalue weighted by Crippen LogP contribution is 2.34. The fourth-order valence-corrected chi connectivity index (χ4v) is 2.26. The topological polar surface area (TPSA) is 81.8 Å². The third-order valence-electron chi connectivity index (χ3n) is 2.67. The zero-order valence-corrected chi connectivity index (χ0v) is 12.4. The third-order valence-corrected chi connectivity index (χ3v) is 3.29. The Hall–Kier alpha value is -1.86. The Bertz CT molecular complexity index is 638. The van der Waals surface area contributed by atoms with Gasteiger partial charge >= 0.3 is 5.97 Å². The number of methoxy groups -OCH3 is 2. The summed E-state index contributed by atoms with van der Waals surface area (Å²) in [7, 11) is 3.13. The first-order chi connectivity index (χ1) is 9.56. The number of carboxylic acids is 1. The monoisotopic (exact) mass is 341 g/mol. The maximum atomic E-state index is 10.8. The maximum absolute atomic E-state index is 10.8. The zero-order valence-electron chi connectivity index (χ0n) is 10.8. The Morgan fingerprint density at radius 3 is 2.70 bits per heavy atom. The summed E-state index contributed by atoms with van der Waals surface area (Å²) >= 11 is 3.38. The van der Waals surface area contributed by atoms with Crippen molar-refractivity contribution >= 4 is 21.9 Å². The van der Waals surface area contributed by atoms with Crippen LogP contribution in [0.3, 0.4) is 0 Å². The summed E-state index contributed by atoms with van der Waals surface area (Å²) < 4.78 is 16.2. The molecular formula is C13H12BrNO5. The van der Waals surface area contributed by atoms with Crippen molar-refractivity contribution in [3.63, 3.8) is 0 Å². The standard InChI is InChI=1S/C13H12BrNO5/c1-18-6-7-3-12(19-2)9(14)4-8(7)11-5-10(13(16)17)15-20-11/h3-5H,6H2,1-2H3,(H,16,17). The van der Waals surface area contributed by atoms with Crippen LogP contribution in [0.1, 0.15) is 16.1 Å². The molecule has 1 aromatic heterocycles. The molecule has 0 atom stereocenters. The van der Waals surface area contributed by atoms with Crippen LogP contribution in [0.5, 0.6) is 5.75 Å². The summed E-state index contributed by atoms with van der Waals surface area (Å²) in [6, 6.07) is 4.95. The number of benzene rings is 1. The van der Waals surface area contributed by atoms with Gasteiger partial charge in [-0.15, -0.1) is 0 Å². The predicted molar refractivity (Wildman–Crippen MR) is 73.9 cm³/mol. The van der Waals surface area contributed by atoms with Gasteiger partial charge in [-0.05, 0) is 33.6 Å². The Morgan fingerprint density at radius 1 is 1.40 bits per heavy atom. The molecule has 0 aliphatic heterocycles. The van der Waals surface area contributed by atoms with Crippen LogP contribution in [0.2, 0.25) is 0 Å². The molecule has 2 rings (SSSR count). The minimum atomic E-state index is -1.14. The van der Waals surface area contributed by atoms with Gasteiger partial charge < -0.3 is 19.1 Å². The average molecular weight is 342 g/mol. The summed E-state index contributed by atoms with van der Waals surface area (Å²) in [5, 5.41) is 12.4. The van der Waals surface area contributed by atoms with Gasteiger partial charge in [0.25, 0.3) is 0 Å². The highest BCUT2D eigenvalue weighted by molar-refractivity contribution is 9.10. The summed E-state index contributed by atoms with van der Waals surface area (Å²) in [5.41, 5.74) is 1.36. The number of hydrogen-bond donors (Lipinski definition) is 1. The summed E-state index contributed by atoms with van der Waals surface area (Å²) in [4.78, 5) is 10.8. The van der Waals surface area contributed by atoms with E-state index in [0.29, 0.717) is 23.7 Å². The van der Waals surface area contributed by atoms with Crippen molar-refractivity contribution in [2.75, 3.05) is 14.2 Å². The minimum Gasteiger partial charge on any atom is -0.496 e. The zero-order chi connectivity index (χ0) is 14.7. The Kier molecular flexibility index (Phi) is 4.41. The van der Waals surface area contributed by atoms with Gasteiger partial charge in [-0.1, -0.05) is 5.16 Å². The smallest absolute Gasteiger partial charge is 0.358 e. The van der Waals surface area contributed by atoms with Gasteiger partial charge in [0.05, 0.1) is 18.2 Å². The van der Waals surface area contributed by atoms with E-state index in [0.717, 1.165) is 10.0 Å². The van der Waals surface area contributed by atoms with Crippen molar-refractivity contribution in [2.24, 2.45) is 0 Å². The van der Waals surface area contributed by atoms with Crippen molar-refractivity contribution in [1.29, 1.82) is 0 Å². The van der Waals surface area contributed by atoms with E-state index < -0.39 is 5.97 Å². The largest absolute Gasteiger partial charge is 0.496 e. The van der Waals surface area contributed by atoms with Crippen molar-refractivity contribution < 1.29 is 23.9 Å². The predicted octanol–water partition coefficient (Wildman–Crippen LogP) is 2.96. The molecule has 2 aromatic rings. The highest BCUT2D eigenvalue weighted by atomic mass is 79.9. The molecule has 0 fully saturated rings. The number of aromatic carboxylic acids is 1. The molecule has 20 heavy (non-hydrogen) atoms. The second-order valence-corrected chi connectivity index (χ2v) is 4.81. The van der Waals surface area contributed by atoms with Gasteiger partial charge in [0.15, 0.2) is 11.5 Å². The van der Waals surface area contributed by atoms with Crippen LogP contribution in [-0.2, 0) is 11.3 Å². The molecule has 0 aliphatic carbocycles. The second kappa shape index (κ2) is 6.06. The number of ether oxygens (including phenoxy) is 2. The van der Waals surface area contributed by atoms with Crippen LogP contribution < -0.4 is 4.74 Å². The average Bonchev–Trinajstić information content (AvgIpc) is 2.90. The van der Waals surface area contributed by atoms with Crippen molar-refractivity contribution in [1.82, 2.24) is 5.16 Å². The van der Waals surface area contributed by atoms with E-state index in [-0.39, 0.29) is 5.69 Å². The second-order valence-electron chi connectivity index (χ2n) is 3.96. The Labute approximate surface area is 123 Å². The molecule has 0 spiro atoms. The maximum Gasteiger partial charge on any atom is 0.358 e. The van der Waals surface area contributed by atoms with Crippen LogP contribution in [0, 0.1) is 0 Å². The fourth-order valence-electron chi connectivity index (χ4n) is 1.76. The summed E-state index contributed by atoms with van der Waals surface area (Å²) in [6.07, 6.45) is 0. The highest BCUT2D eigenvalue weighted by Gasteiger charge is 2.17. The number of carboxylic acid groups (broad SMARTS) is 1. The van der Waals surface area contributed by atoms with E-state index in [1.807, 2.05) is 0 Å². The molecule has 0 amide bonds. The third kappa shape index (κ3) is 2.83. The minimum absolute atomic E-state index is 0.143. The van der Waals surface area contributed by atoms with Crippen molar-refractivity contribution in [3.05, 3.63) is 33.9 Å². The molecule has 1 aromatic carbocycles. The van der Waals surface area contributed by atoms with Gasteiger partial charge in [-0.25, -0.2) is 4.79 Å². The lowest BCUT2D eigenvalue weighted by atomic mass is 10.0. The molecule has 0 aliphatic rings. The molecule has 0 radical (unpaired) electrons. The fraction of sp³-hybridized carbons (Fsp3) is 0.231. The molecule has 0 bridgehead atoms. The van der Waals surface area contributed by atoms with E-state index in [9.17, 15) is 4.79 Å². The van der Waals surface area contributed by atoms with Gasteiger partial charge in [-0.3, -0.25) is 0 Å². The lowest BCUT2D eigenvalue weighted by Gasteiger charge is -2.10. The molecule has 0 saturated carbocycles. The molecular weight excluding hydrogens is 330 g/mol. The van der Waals surface area contributed by atoms with Crippen LogP contribution in [0.15, 0.2) is 27.2 Å². The van der Waals surface area contributed by atoms with Gasteiger partial charge in [-0.2, -0.15) is 0 Å². The van der Waals surface area contributed by atoms with E-state index >= 15 is 0 Å². The normalized spacial score (nSPS) is 10.6. The van der Waals surface area contributed by atoms with Crippen molar-refractivity contribution in [2.45, 2.75) is 6.61 Å². The molecule has 6 nitrogen and oxygen atoms in total. The molecule has 1 heterocycles. The summed E-state index contributed by atoms with van der Waals surface area (Å²) in [6.45, 7) is 0.335. The van der Waals surface area contributed by atoms with E-state index in [2.05, 4.69) is 21.1 Å². The van der Waals surface area contributed by atoms with Gasteiger partial charge in [0.2, 0.25) is 0 Å². The first-order valence-corrected chi connectivity index (χ1v) is 6.41. The number of aromatic nitrogens is 1. The molecule has 0 unspecified atom stereocenters. The first kappa shape index (κ1) is 14.5. The van der Waals surface area contributed by atoms with E-state index in [1.165, 1.54) is 6.07 Å². The number of nitrogens with zero attached hydrogens (tertiary/aromatic N) is 1. The number of carbonyl (C=O) groups is 1. The Morgan fingerprint density at radius 2 is 2.15 bits per heavy atom. The van der Waals surface area contributed by atoms with Crippen LogP contribution in [0.4, 0.5) is 0 Å². The lowest BCUT2D eigenvalue weighted by Crippen LogP contribution is -1.96. The number of rotatable bonds is 5. The number of hydrogen-bond acceptors (Lipinski definition) is 5. The van der Waals surface area contributed by atoms with E-state index in [1.54, 1.807) is 26.4 Å². The number of halogens is 1. The Balaban J connectivity index is 2.52. The van der Waals surface area contributed by atoms with Crippen LogP contribution in [-0.4, -0.2) is 30.5 Å². The molecule has 0 saturated heterocycles. The summed E-state index contributed by atoms with van der Waals surface area (Å²) in [5.74, 6) is -0.127. The molecule has 1 N–H and O–H groups in total. The SMILES string of the molecule is COCc1cc(OC)c(Br)cc1-c1cc(C(=O)O)no1. The quantitative estimate of drug-likeness (QED) is 0.900. The molecule has 7 heteroatoms. The van der Waals surface area contributed by atoms with Crippen molar-refractivity contribution in [3.8, 4) is 17.1 Å². The van der Waals surface area contributed by atoms with E-state index in [4.69, 9.17) is 19.1 Å². The van der Waals surface area contributed by atoms with Crippen LogP contribution in [0.25, 0.3) is 11.3 Å². The van der Waals surface area contributed by atoms with Gasteiger partial charge in [0, 0.05) is 18.7 Å². The lowest BCUT2D eigenvalue weighted by molar-refractivity contribution is 0.0686.